The van der Waals surface area contributed by atoms with Crippen LogP contribution >= 0.6 is 26.6 Å². The van der Waals surface area contributed by atoms with Crippen molar-refractivity contribution in [1.29, 1.82) is 0 Å². The Bertz CT molecular complexity index is 681. The van der Waals surface area contributed by atoms with Gasteiger partial charge in [-0.1, -0.05) is 6.92 Å². The van der Waals surface area contributed by atoms with E-state index in [0.717, 1.165) is 12.1 Å². The van der Waals surface area contributed by atoms with Crippen LogP contribution in [0.15, 0.2) is 21.5 Å². The second kappa shape index (κ2) is 7.66. The van der Waals surface area contributed by atoms with Gasteiger partial charge in [0.15, 0.2) is 0 Å². The summed E-state index contributed by atoms with van der Waals surface area (Å²) in [5.74, 6) is -0.852. The fraction of sp³-hybridized carbons (Fsp3) is 0.364. The highest BCUT2D eigenvalue weighted by Gasteiger charge is 2.21. The van der Waals surface area contributed by atoms with Gasteiger partial charge in [0.2, 0.25) is 0 Å². The summed E-state index contributed by atoms with van der Waals surface area (Å²) in [6.07, 6.45) is 0. The molecule has 0 spiro atoms. The Morgan fingerprint density at radius 2 is 2.10 bits per heavy atom. The maximum Gasteiger partial charge on any atom is 0.262 e. The third kappa shape index (κ3) is 5.32. The van der Waals surface area contributed by atoms with Gasteiger partial charge in [0.1, 0.15) is 10.7 Å². The number of hydrogen-bond donors (Lipinski definition) is 1. The first-order valence-electron chi connectivity index (χ1n) is 5.73. The predicted octanol–water partition coefficient (Wildman–Crippen LogP) is 2.01. The Balaban J connectivity index is 2.96. The van der Waals surface area contributed by atoms with Gasteiger partial charge in [-0.05, 0) is 28.1 Å². The second-order valence-corrected chi connectivity index (χ2v) is 9.09. The van der Waals surface area contributed by atoms with E-state index in [1.807, 2.05) is 0 Å². The number of amides is 1. The molecule has 10 heteroatoms. The van der Waals surface area contributed by atoms with Crippen molar-refractivity contribution in [1.82, 2.24) is 5.32 Å². The van der Waals surface area contributed by atoms with Crippen molar-refractivity contribution in [3.05, 3.63) is 28.0 Å². The highest BCUT2D eigenvalue weighted by Crippen LogP contribution is 2.29. The molecule has 1 rings (SSSR count). The molecular weight excluding hydrogens is 409 g/mol. The summed E-state index contributed by atoms with van der Waals surface area (Å²) in [5, 5.41) is 2.44. The van der Waals surface area contributed by atoms with Crippen LogP contribution in [0.5, 0.6) is 0 Å². The Morgan fingerprint density at radius 1 is 1.48 bits per heavy atom. The summed E-state index contributed by atoms with van der Waals surface area (Å²) in [6.45, 7) is 1.89. The molecule has 1 aromatic rings. The van der Waals surface area contributed by atoms with E-state index in [0.29, 0.717) is 5.75 Å². The van der Waals surface area contributed by atoms with Crippen LogP contribution in [0.3, 0.4) is 0 Å². The Hall–Kier alpha value is -0.510. The first-order chi connectivity index (χ1) is 9.66. The Kier molecular flexibility index (Phi) is 6.76. The molecule has 0 heterocycles. The molecule has 0 saturated carbocycles. The summed E-state index contributed by atoms with van der Waals surface area (Å²) in [7, 11) is -0.0520. The average Bonchev–Trinajstić information content (AvgIpc) is 2.39. The molecule has 1 aromatic carbocycles. The van der Waals surface area contributed by atoms with Crippen LogP contribution in [-0.2, 0) is 19.9 Å². The fourth-order valence-electron chi connectivity index (χ4n) is 1.40. The number of hydrogen-bond acceptors (Lipinski definition) is 4. The molecule has 0 saturated heterocycles. The highest BCUT2D eigenvalue weighted by molar-refractivity contribution is 9.10. The van der Waals surface area contributed by atoms with Crippen molar-refractivity contribution in [2.45, 2.75) is 11.8 Å². The summed E-state index contributed by atoms with van der Waals surface area (Å²) in [6, 6.07) is 1.86. The minimum Gasteiger partial charge on any atom is -0.351 e. The highest BCUT2D eigenvalue weighted by atomic mass is 79.9. The van der Waals surface area contributed by atoms with Gasteiger partial charge in [-0.15, -0.1) is 0 Å². The lowest BCUT2D eigenvalue weighted by atomic mass is 10.2. The van der Waals surface area contributed by atoms with E-state index in [4.69, 9.17) is 10.7 Å². The van der Waals surface area contributed by atoms with Gasteiger partial charge in [0, 0.05) is 45.1 Å². The molecule has 1 amide bonds. The zero-order valence-corrected chi connectivity index (χ0v) is 14.8. The van der Waals surface area contributed by atoms with E-state index in [1.165, 1.54) is 0 Å². The van der Waals surface area contributed by atoms with E-state index in [-0.39, 0.29) is 22.3 Å². The molecule has 0 bridgehead atoms. The molecule has 5 nitrogen and oxygen atoms in total. The summed E-state index contributed by atoms with van der Waals surface area (Å²) in [4.78, 5) is 11.3. The molecule has 0 aliphatic carbocycles. The third-order valence-electron chi connectivity index (χ3n) is 2.46. The molecule has 1 unspecified atom stereocenters. The maximum atomic E-state index is 13.6. The topological polar surface area (TPSA) is 80.3 Å². The average molecular weight is 421 g/mol. The first kappa shape index (κ1) is 18.5. The maximum absolute atomic E-state index is 13.6. The quantitative estimate of drug-likeness (QED) is 0.714. The largest absolute Gasteiger partial charge is 0.351 e. The SMILES string of the molecule is CCS(=O)CCNC(=O)c1cc(F)c(Br)c(S(=O)(=O)Cl)c1. The van der Waals surface area contributed by atoms with E-state index < -0.39 is 36.5 Å². The van der Waals surface area contributed by atoms with E-state index in [2.05, 4.69) is 21.2 Å². The molecule has 0 radical (unpaired) electrons. The van der Waals surface area contributed by atoms with Crippen LogP contribution in [-0.4, -0.2) is 36.6 Å². The van der Waals surface area contributed by atoms with Gasteiger partial charge in [-0.25, -0.2) is 12.8 Å². The molecule has 118 valence electrons. The smallest absolute Gasteiger partial charge is 0.262 e. The van der Waals surface area contributed by atoms with Crippen molar-refractivity contribution in [2.24, 2.45) is 0 Å². The van der Waals surface area contributed by atoms with Gasteiger partial charge in [-0.3, -0.25) is 9.00 Å². The minimum atomic E-state index is -4.19. The van der Waals surface area contributed by atoms with Crippen LogP contribution in [0, 0.1) is 5.82 Å². The van der Waals surface area contributed by atoms with Crippen LogP contribution in [0.4, 0.5) is 4.39 Å². The van der Waals surface area contributed by atoms with E-state index >= 15 is 0 Å². The van der Waals surface area contributed by atoms with Gasteiger partial charge in [0.25, 0.3) is 15.0 Å². The van der Waals surface area contributed by atoms with Gasteiger partial charge in [-0.2, -0.15) is 0 Å². The predicted molar refractivity (Wildman–Crippen MR) is 83.0 cm³/mol. The van der Waals surface area contributed by atoms with Crippen molar-refractivity contribution < 1.29 is 21.8 Å². The number of carbonyl (C=O) groups is 1. The molecule has 0 fully saturated rings. The molecule has 0 aliphatic heterocycles. The van der Waals surface area contributed by atoms with E-state index in [1.54, 1.807) is 6.92 Å². The zero-order valence-electron chi connectivity index (χ0n) is 10.9. The van der Waals surface area contributed by atoms with Gasteiger partial charge < -0.3 is 5.32 Å². The minimum absolute atomic E-state index is 0.139. The van der Waals surface area contributed by atoms with Crippen LogP contribution in [0.2, 0.25) is 0 Å². The van der Waals surface area contributed by atoms with Crippen molar-refractivity contribution in [3.63, 3.8) is 0 Å². The number of rotatable bonds is 6. The second-order valence-electron chi connectivity index (χ2n) is 3.90. The van der Waals surface area contributed by atoms with Crippen LogP contribution in [0.1, 0.15) is 17.3 Å². The van der Waals surface area contributed by atoms with Crippen LogP contribution < -0.4 is 5.32 Å². The summed E-state index contributed by atoms with van der Waals surface area (Å²) < 4.78 is 47.2. The summed E-state index contributed by atoms with van der Waals surface area (Å²) >= 11 is 2.77. The van der Waals surface area contributed by atoms with Crippen molar-refractivity contribution in [2.75, 3.05) is 18.1 Å². The Morgan fingerprint density at radius 3 is 2.62 bits per heavy atom. The zero-order chi connectivity index (χ0) is 16.2. The lowest BCUT2D eigenvalue weighted by Crippen LogP contribution is -2.28. The first-order valence-corrected chi connectivity index (χ1v) is 10.3. The molecule has 0 aliphatic rings. The molecule has 0 aromatic heterocycles. The fourth-order valence-corrected chi connectivity index (χ4v) is 4.11. The number of carbonyl (C=O) groups excluding carboxylic acids is 1. The van der Waals surface area contributed by atoms with Gasteiger partial charge >= 0.3 is 0 Å². The normalized spacial score (nSPS) is 13.0. The third-order valence-corrected chi connectivity index (χ3v) is 6.17. The molecule has 21 heavy (non-hydrogen) atoms. The lowest BCUT2D eigenvalue weighted by molar-refractivity contribution is 0.0955. The van der Waals surface area contributed by atoms with Crippen molar-refractivity contribution in [3.8, 4) is 0 Å². The summed E-state index contributed by atoms with van der Waals surface area (Å²) in [5.41, 5.74) is -0.183. The number of halogens is 3. The van der Waals surface area contributed by atoms with E-state index in [9.17, 15) is 21.8 Å². The monoisotopic (exact) mass is 419 g/mol. The standard InChI is InChI=1S/C11H12BrClFNO4S2/c1-2-20(17)4-3-15-11(16)7-5-8(14)10(12)9(6-7)21(13,18)19/h5-6H,2-4H2,1H3,(H,15,16). The van der Waals surface area contributed by atoms with Gasteiger partial charge in [0.05, 0.1) is 4.47 Å². The Labute approximate surface area is 137 Å². The van der Waals surface area contributed by atoms with Crippen LogP contribution in [0.25, 0.3) is 0 Å². The molecule has 1 atom stereocenters. The number of benzene rings is 1. The molecule has 1 N–H and O–H groups in total. The lowest BCUT2D eigenvalue weighted by Gasteiger charge is -2.08. The number of nitrogens with one attached hydrogen (secondary N) is 1. The van der Waals surface area contributed by atoms with Crippen molar-refractivity contribution >= 4 is 52.4 Å². The molecular formula is C11H12BrClFNO4S2.